The molecule has 6 nitrogen and oxygen atoms in total. The van der Waals surface area contributed by atoms with E-state index in [-0.39, 0.29) is 5.91 Å². The third kappa shape index (κ3) is 3.09. The first kappa shape index (κ1) is 16.4. The number of ether oxygens (including phenoxy) is 2. The van der Waals surface area contributed by atoms with E-state index in [1.165, 1.54) is 6.42 Å². The van der Waals surface area contributed by atoms with E-state index in [4.69, 9.17) is 9.47 Å². The molecule has 1 aliphatic rings. The van der Waals surface area contributed by atoms with Crippen molar-refractivity contribution in [1.29, 1.82) is 0 Å². The van der Waals surface area contributed by atoms with Crippen LogP contribution in [0.25, 0.3) is 11.3 Å². The number of carbonyl (C=O) groups is 1. The van der Waals surface area contributed by atoms with Crippen LogP contribution in [0.1, 0.15) is 29.8 Å². The smallest absolute Gasteiger partial charge is 0.274 e. The minimum absolute atomic E-state index is 0.00147. The molecule has 0 bridgehead atoms. The molecule has 0 radical (unpaired) electrons. The number of aryl methyl sites for hydroxylation is 1. The number of methoxy groups -OCH3 is 2. The first-order chi connectivity index (χ1) is 11.6. The van der Waals surface area contributed by atoms with Crippen LogP contribution in [-0.4, -0.2) is 47.9 Å². The highest BCUT2D eigenvalue weighted by molar-refractivity contribution is 5.93. The van der Waals surface area contributed by atoms with Crippen molar-refractivity contribution < 1.29 is 14.3 Å². The Kier molecular flexibility index (Phi) is 4.74. The van der Waals surface area contributed by atoms with Gasteiger partial charge in [-0.25, -0.2) is 0 Å². The molecule has 1 aromatic heterocycles. The highest BCUT2D eigenvalue weighted by Crippen LogP contribution is 2.33. The number of aromatic nitrogens is 2. The van der Waals surface area contributed by atoms with Crippen LogP contribution in [0.3, 0.4) is 0 Å². The van der Waals surface area contributed by atoms with Crippen molar-refractivity contribution in [2.75, 3.05) is 27.3 Å². The lowest BCUT2D eigenvalue weighted by Gasteiger charge is -2.25. The summed E-state index contributed by atoms with van der Waals surface area (Å²) in [6.07, 6.45) is 3.32. The van der Waals surface area contributed by atoms with Crippen molar-refractivity contribution in [1.82, 2.24) is 14.7 Å². The molecule has 0 spiro atoms. The molecule has 0 atom stereocenters. The summed E-state index contributed by atoms with van der Waals surface area (Å²) in [6, 6.07) is 7.42. The molecule has 0 unspecified atom stereocenters. The highest BCUT2D eigenvalue weighted by Gasteiger charge is 2.22. The second kappa shape index (κ2) is 6.95. The number of hydrogen-bond donors (Lipinski definition) is 0. The maximum Gasteiger partial charge on any atom is 0.274 e. The SMILES string of the molecule is COc1ccc(OC)c(-c2cc(C(=O)N3CCCCC3)nn2C)c1. The molecule has 6 heteroatoms. The summed E-state index contributed by atoms with van der Waals surface area (Å²) in [6.45, 7) is 1.63. The molecule has 1 amide bonds. The summed E-state index contributed by atoms with van der Waals surface area (Å²) >= 11 is 0. The third-order valence-electron chi connectivity index (χ3n) is 4.42. The van der Waals surface area contributed by atoms with Crippen molar-refractivity contribution in [3.8, 4) is 22.8 Å². The molecule has 2 heterocycles. The van der Waals surface area contributed by atoms with Gasteiger partial charge >= 0.3 is 0 Å². The molecular weight excluding hydrogens is 306 g/mol. The van der Waals surface area contributed by atoms with E-state index in [0.29, 0.717) is 5.69 Å². The largest absolute Gasteiger partial charge is 0.497 e. The Morgan fingerprint density at radius 2 is 1.83 bits per heavy atom. The zero-order chi connectivity index (χ0) is 17.1. The molecule has 0 saturated carbocycles. The van der Waals surface area contributed by atoms with Gasteiger partial charge in [0.1, 0.15) is 11.5 Å². The molecule has 0 aliphatic carbocycles. The topological polar surface area (TPSA) is 56.6 Å². The molecule has 1 saturated heterocycles. The molecule has 1 fully saturated rings. The van der Waals surface area contributed by atoms with Gasteiger partial charge in [-0.15, -0.1) is 0 Å². The lowest BCUT2D eigenvalue weighted by molar-refractivity contribution is 0.0717. The van der Waals surface area contributed by atoms with Gasteiger partial charge in [0, 0.05) is 25.7 Å². The molecule has 1 aromatic carbocycles. The molecule has 3 rings (SSSR count). The first-order valence-corrected chi connectivity index (χ1v) is 8.19. The van der Waals surface area contributed by atoms with Gasteiger partial charge in [0.2, 0.25) is 0 Å². The first-order valence-electron chi connectivity index (χ1n) is 8.19. The Hall–Kier alpha value is -2.50. The van der Waals surface area contributed by atoms with Crippen LogP contribution < -0.4 is 9.47 Å². The maximum absolute atomic E-state index is 12.7. The van der Waals surface area contributed by atoms with Gasteiger partial charge in [-0.3, -0.25) is 9.48 Å². The predicted octanol–water partition coefficient (Wildman–Crippen LogP) is 2.73. The van der Waals surface area contributed by atoms with Gasteiger partial charge in [-0.05, 0) is 43.5 Å². The Morgan fingerprint density at radius 1 is 1.08 bits per heavy atom. The van der Waals surface area contributed by atoms with Crippen molar-refractivity contribution in [2.24, 2.45) is 7.05 Å². The number of nitrogens with zero attached hydrogens (tertiary/aromatic N) is 3. The molecule has 0 N–H and O–H groups in total. The lowest BCUT2D eigenvalue weighted by Crippen LogP contribution is -2.35. The van der Waals surface area contributed by atoms with Crippen LogP contribution in [0, 0.1) is 0 Å². The summed E-state index contributed by atoms with van der Waals surface area (Å²) < 4.78 is 12.5. The van der Waals surface area contributed by atoms with Crippen LogP contribution in [-0.2, 0) is 7.05 Å². The van der Waals surface area contributed by atoms with E-state index in [1.54, 1.807) is 18.9 Å². The Bertz CT molecular complexity index is 733. The van der Waals surface area contributed by atoms with Gasteiger partial charge in [0.15, 0.2) is 5.69 Å². The van der Waals surface area contributed by atoms with Crippen molar-refractivity contribution in [2.45, 2.75) is 19.3 Å². The monoisotopic (exact) mass is 329 g/mol. The summed E-state index contributed by atoms with van der Waals surface area (Å²) in [5, 5.41) is 4.42. The zero-order valence-corrected chi connectivity index (χ0v) is 14.4. The van der Waals surface area contributed by atoms with Gasteiger partial charge < -0.3 is 14.4 Å². The van der Waals surface area contributed by atoms with Crippen LogP contribution in [0.2, 0.25) is 0 Å². The van der Waals surface area contributed by atoms with E-state index < -0.39 is 0 Å². The standard InChI is InChI=1S/C18H23N3O3/c1-20-16(14-11-13(23-2)7-8-17(14)24-3)12-15(19-20)18(22)21-9-5-4-6-10-21/h7-8,11-12H,4-6,9-10H2,1-3H3. The molecule has 128 valence electrons. The number of likely N-dealkylation sites (tertiary alicyclic amines) is 1. The van der Waals surface area contributed by atoms with Crippen molar-refractivity contribution in [3.63, 3.8) is 0 Å². The minimum Gasteiger partial charge on any atom is -0.497 e. The van der Waals surface area contributed by atoms with Gasteiger partial charge in [-0.2, -0.15) is 5.10 Å². The van der Waals surface area contributed by atoms with E-state index in [9.17, 15) is 4.79 Å². The number of piperidine rings is 1. The highest BCUT2D eigenvalue weighted by atomic mass is 16.5. The summed E-state index contributed by atoms with van der Waals surface area (Å²) in [5.74, 6) is 1.45. The van der Waals surface area contributed by atoms with Crippen molar-refractivity contribution in [3.05, 3.63) is 30.0 Å². The summed E-state index contributed by atoms with van der Waals surface area (Å²) in [7, 11) is 5.09. The quantitative estimate of drug-likeness (QED) is 0.865. The second-order valence-corrected chi connectivity index (χ2v) is 5.96. The molecule has 2 aromatic rings. The Morgan fingerprint density at radius 3 is 2.50 bits per heavy atom. The van der Waals surface area contributed by atoms with Crippen LogP contribution >= 0.6 is 0 Å². The average molecular weight is 329 g/mol. The zero-order valence-electron chi connectivity index (χ0n) is 14.4. The van der Waals surface area contributed by atoms with Crippen LogP contribution in [0.4, 0.5) is 0 Å². The fraction of sp³-hybridized carbons (Fsp3) is 0.444. The normalized spacial score (nSPS) is 14.5. The number of rotatable bonds is 4. The van der Waals surface area contributed by atoms with E-state index in [0.717, 1.165) is 48.7 Å². The number of benzene rings is 1. The summed E-state index contributed by atoms with van der Waals surface area (Å²) in [4.78, 5) is 14.6. The van der Waals surface area contributed by atoms with Gasteiger partial charge in [0.25, 0.3) is 5.91 Å². The fourth-order valence-electron chi connectivity index (χ4n) is 3.10. The van der Waals surface area contributed by atoms with E-state index >= 15 is 0 Å². The van der Waals surface area contributed by atoms with Crippen molar-refractivity contribution >= 4 is 5.91 Å². The molecular formula is C18H23N3O3. The fourth-order valence-corrected chi connectivity index (χ4v) is 3.10. The minimum atomic E-state index is -0.00147. The van der Waals surface area contributed by atoms with Gasteiger partial charge in [-0.1, -0.05) is 0 Å². The number of carbonyl (C=O) groups excluding carboxylic acids is 1. The second-order valence-electron chi connectivity index (χ2n) is 5.96. The Labute approximate surface area is 142 Å². The van der Waals surface area contributed by atoms with Crippen LogP contribution in [0.5, 0.6) is 11.5 Å². The Balaban J connectivity index is 1.95. The van der Waals surface area contributed by atoms with E-state index in [1.807, 2.05) is 36.2 Å². The summed E-state index contributed by atoms with van der Waals surface area (Å²) in [5.41, 5.74) is 2.15. The van der Waals surface area contributed by atoms with Gasteiger partial charge in [0.05, 0.1) is 19.9 Å². The molecule has 1 aliphatic heterocycles. The average Bonchev–Trinajstić information content (AvgIpc) is 3.02. The number of hydrogen-bond acceptors (Lipinski definition) is 4. The van der Waals surface area contributed by atoms with Crippen LogP contribution in [0.15, 0.2) is 24.3 Å². The molecule has 24 heavy (non-hydrogen) atoms. The predicted molar refractivity (Wildman–Crippen MR) is 91.5 cm³/mol. The van der Waals surface area contributed by atoms with E-state index in [2.05, 4.69) is 5.10 Å². The maximum atomic E-state index is 12.7. The number of amides is 1. The third-order valence-corrected chi connectivity index (χ3v) is 4.42. The lowest BCUT2D eigenvalue weighted by atomic mass is 10.1.